The molecule has 0 aliphatic heterocycles. The maximum atomic E-state index is 11.8. The molecule has 3 nitrogen and oxygen atoms in total. The van der Waals surface area contributed by atoms with E-state index in [4.69, 9.17) is 5.73 Å². The van der Waals surface area contributed by atoms with Gasteiger partial charge in [-0.1, -0.05) is 32.9 Å². The van der Waals surface area contributed by atoms with Gasteiger partial charge in [0.1, 0.15) is 0 Å². The van der Waals surface area contributed by atoms with Crippen LogP contribution >= 0.6 is 0 Å². The number of anilines is 1. The van der Waals surface area contributed by atoms with Crippen LogP contribution in [0.2, 0.25) is 0 Å². The van der Waals surface area contributed by atoms with Gasteiger partial charge in [0, 0.05) is 12.1 Å². The number of hydrogen-bond acceptors (Lipinski definition) is 2. The van der Waals surface area contributed by atoms with Crippen molar-refractivity contribution >= 4 is 11.6 Å². The van der Waals surface area contributed by atoms with Gasteiger partial charge in [0.05, 0.1) is 0 Å². The Kier molecular flexibility index (Phi) is 4.70. The molecule has 0 bridgehead atoms. The first kappa shape index (κ1) is 13.7. The number of rotatable bonds is 5. The molecule has 0 spiro atoms. The number of benzene rings is 1. The summed E-state index contributed by atoms with van der Waals surface area (Å²) in [6, 6.07) is 7.94. The molecular weight excluding hydrogens is 212 g/mol. The molecule has 0 atom stereocenters. The number of amides is 1. The van der Waals surface area contributed by atoms with Crippen molar-refractivity contribution in [3.05, 3.63) is 29.8 Å². The molecule has 0 unspecified atom stereocenters. The molecule has 0 radical (unpaired) electrons. The minimum atomic E-state index is -0.145. The molecule has 1 aromatic carbocycles. The summed E-state index contributed by atoms with van der Waals surface area (Å²) in [6.45, 7) is 6.60. The van der Waals surface area contributed by atoms with Crippen LogP contribution in [0.25, 0.3) is 0 Å². The molecule has 3 heteroatoms. The van der Waals surface area contributed by atoms with Crippen molar-refractivity contribution in [1.82, 2.24) is 0 Å². The predicted octanol–water partition coefficient (Wildman–Crippen LogP) is 2.56. The number of hydrogen-bond donors (Lipinski definition) is 2. The predicted molar refractivity (Wildman–Crippen MR) is 71.9 cm³/mol. The normalized spacial score (nSPS) is 11.3. The van der Waals surface area contributed by atoms with Crippen LogP contribution < -0.4 is 11.1 Å². The second kappa shape index (κ2) is 5.82. The Balaban J connectivity index is 2.56. The quantitative estimate of drug-likeness (QED) is 0.822. The Bertz CT molecular complexity index is 368. The van der Waals surface area contributed by atoms with Crippen molar-refractivity contribution in [2.24, 2.45) is 11.1 Å². The van der Waals surface area contributed by atoms with E-state index in [0.29, 0.717) is 13.0 Å². The zero-order chi connectivity index (χ0) is 12.9. The van der Waals surface area contributed by atoms with Crippen molar-refractivity contribution in [2.45, 2.75) is 33.6 Å². The fraction of sp³-hybridized carbons (Fsp3) is 0.500. The lowest BCUT2D eigenvalue weighted by molar-refractivity contribution is -0.117. The first-order valence-electron chi connectivity index (χ1n) is 6.06. The monoisotopic (exact) mass is 234 g/mol. The van der Waals surface area contributed by atoms with E-state index in [1.807, 2.05) is 38.1 Å². The van der Waals surface area contributed by atoms with E-state index in [-0.39, 0.29) is 11.3 Å². The highest BCUT2D eigenvalue weighted by molar-refractivity contribution is 5.91. The van der Waals surface area contributed by atoms with Gasteiger partial charge >= 0.3 is 0 Å². The zero-order valence-electron chi connectivity index (χ0n) is 10.9. The Morgan fingerprint density at radius 2 is 1.88 bits per heavy atom. The lowest BCUT2D eigenvalue weighted by atomic mass is 9.89. The van der Waals surface area contributed by atoms with Gasteiger partial charge in [-0.05, 0) is 36.1 Å². The zero-order valence-corrected chi connectivity index (χ0v) is 10.9. The summed E-state index contributed by atoms with van der Waals surface area (Å²) in [6.07, 6.45) is 1.45. The lowest BCUT2D eigenvalue weighted by Gasteiger charge is -2.21. The molecule has 0 heterocycles. The van der Waals surface area contributed by atoms with E-state index < -0.39 is 0 Å². The Morgan fingerprint density at radius 3 is 2.35 bits per heavy atom. The van der Waals surface area contributed by atoms with Crippen molar-refractivity contribution in [1.29, 1.82) is 0 Å². The number of nitrogens with two attached hydrogens (primary N) is 1. The minimum Gasteiger partial charge on any atom is -0.330 e. The highest BCUT2D eigenvalue weighted by atomic mass is 16.1. The molecule has 1 rings (SSSR count). The van der Waals surface area contributed by atoms with E-state index in [9.17, 15) is 4.79 Å². The third-order valence-electron chi connectivity index (χ3n) is 2.84. The maximum Gasteiger partial charge on any atom is 0.224 e. The second-order valence-corrected chi connectivity index (χ2v) is 5.14. The molecule has 0 fully saturated rings. The van der Waals surface area contributed by atoms with Gasteiger partial charge in [0.15, 0.2) is 0 Å². The number of carbonyl (C=O) groups excluding carboxylic acids is 1. The number of carbonyl (C=O) groups is 1. The highest BCUT2D eigenvalue weighted by Crippen LogP contribution is 2.19. The molecular formula is C14H22N2O. The van der Waals surface area contributed by atoms with Crippen molar-refractivity contribution in [3.63, 3.8) is 0 Å². The topological polar surface area (TPSA) is 55.1 Å². The van der Waals surface area contributed by atoms with Gasteiger partial charge < -0.3 is 11.1 Å². The van der Waals surface area contributed by atoms with Gasteiger partial charge in [-0.3, -0.25) is 4.79 Å². The highest BCUT2D eigenvalue weighted by Gasteiger charge is 2.19. The molecule has 0 aliphatic rings. The average Bonchev–Trinajstić information content (AvgIpc) is 2.29. The second-order valence-electron chi connectivity index (χ2n) is 5.14. The summed E-state index contributed by atoms with van der Waals surface area (Å²) in [4.78, 5) is 11.8. The van der Waals surface area contributed by atoms with Crippen LogP contribution in [-0.2, 0) is 11.2 Å². The van der Waals surface area contributed by atoms with E-state index >= 15 is 0 Å². The van der Waals surface area contributed by atoms with E-state index in [0.717, 1.165) is 12.1 Å². The fourth-order valence-corrected chi connectivity index (χ4v) is 1.54. The average molecular weight is 234 g/mol. The first-order chi connectivity index (χ1) is 7.96. The molecule has 0 saturated carbocycles. The largest absolute Gasteiger partial charge is 0.330 e. The van der Waals surface area contributed by atoms with Crippen molar-refractivity contribution in [3.8, 4) is 0 Å². The first-order valence-corrected chi connectivity index (χ1v) is 6.06. The van der Waals surface area contributed by atoms with Crippen LogP contribution in [0, 0.1) is 5.41 Å². The summed E-state index contributed by atoms with van der Waals surface area (Å²) < 4.78 is 0. The molecule has 1 aromatic rings. The number of nitrogens with one attached hydrogen (secondary N) is 1. The fourth-order valence-electron chi connectivity index (χ4n) is 1.54. The van der Waals surface area contributed by atoms with E-state index in [1.54, 1.807) is 0 Å². The summed E-state index contributed by atoms with van der Waals surface area (Å²) in [5.41, 5.74) is 7.58. The molecule has 94 valence electrons. The van der Waals surface area contributed by atoms with Gasteiger partial charge in [0.2, 0.25) is 5.91 Å². The van der Waals surface area contributed by atoms with Crippen LogP contribution in [0.4, 0.5) is 5.69 Å². The molecule has 3 N–H and O–H groups in total. The van der Waals surface area contributed by atoms with E-state index in [1.165, 1.54) is 5.56 Å². The lowest BCUT2D eigenvalue weighted by Crippen LogP contribution is -2.29. The SMILES string of the molecule is CCc1ccc(NC(=O)CC(C)(C)CN)cc1. The maximum absolute atomic E-state index is 11.8. The minimum absolute atomic E-state index is 0.0182. The van der Waals surface area contributed by atoms with Crippen LogP contribution in [0.5, 0.6) is 0 Å². The van der Waals surface area contributed by atoms with Crippen LogP contribution in [0.1, 0.15) is 32.8 Å². The van der Waals surface area contributed by atoms with Crippen LogP contribution in [0.15, 0.2) is 24.3 Å². The third-order valence-corrected chi connectivity index (χ3v) is 2.84. The standard InChI is InChI=1S/C14H22N2O/c1-4-11-5-7-12(8-6-11)16-13(17)9-14(2,3)10-15/h5-8H,4,9-10,15H2,1-3H3,(H,16,17). The summed E-state index contributed by atoms with van der Waals surface area (Å²) >= 11 is 0. The molecule has 1 amide bonds. The van der Waals surface area contributed by atoms with Gasteiger partial charge in [-0.15, -0.1) is 0 Å². The molecule has 0 saturated heterocycles. The van der Waals surface area contributed by atoms with E-state index in [2.05, 4.69) is 12.2 Å². The summed E-state index contributed by atoms with van der Waals surface area (Å²) in [7, 11) is 0. The summed E-state index contributed by atoms with van der Waals surface area (Å²) in [5.74, 6) is 0.0182. The van der Waals surface area contributed by atoms with Gasteiger partial charge in [0.25, 0.3) is 0 Å². The van der Waals surface area contributed by atoms with Crippen molar-refractivity contribution in [2.75, 3.05) is 11.9 Å². The Morgan fingerprint density at radius 1 is 1.29 bits per heavy atom. The van der Waals surface area contributed by atoms with Crippen molar-refractivity contribution < 1.29 is 4.79 Å². The molecule has 0 aromatic heterocycles. The van der Waals surface area contributed by atoms with Crippen LogP contribution in [-0.4, -0.2) is 12.5 Å². The number of aryl methyl sites for hydroxylation is 1. The van der Waals surface area contributed by atoms with Gasteiger partial charge in [-0.25, -0.2) is 0 Å². The Hall–Kier alpha value is -1.35. The van der Waals surface area contributed by atoms with Gasteiger partial charge in [-0.2, -0.15) is 0 Å². The smallest absolute Gasteiger partial charge is 0.224 e. The molecule has 17 heavy (non-hydrogen) atoms. The van der Waals surface area contributed by atoms with Crippen LogP contribution in [0.3, 0.4) is 0 Å². The summed E-state index contributed by atoms with van der Waals surface area (Å²) in [5, 5.41) is 2.89. The molecule has 0 aliphatic carbocycles. The Labute approximate surface area is 103 Å². The third kappa shape index (κ3) is 4.57.